The number of hydrogen-bond donors (Lipinski definition) is 2. The Balaban J connectivity index is 1.72. The summed E-state index contributed by atoms with van der Waals surface area (Å²) in [5.74, 6) is 0.130. The molecule has 4 aromatic carbocycles. The lowest BCUT2D eigenvalue weighted by Gasteiger charge is -2.36. The SMILES string of the molecule is C[N+](C)(CCC(=O)c1cc(S)cc(S)c1)C[P+](c1ccccc1)(c1ccccc1)c1ccccc1. The van der Waals surface area contributed by atoms with Crippen molar-refractivity contribution in [3.05, 3.63) is 115 Å². The molecule has 0 amide bonds. The van der Waals surface area contributed by atoms with E-state index in [-0.39, 0.29) is 5.78 Å². The Hall–Kier alpha value is -2.36. The molecular formula is C30H32NOPS2+2. The molecule has 0 N–H and O–H groups in total. The van der Waals surface area contributed by atoms with Gasteiger partial charge in [0.2, 0.25) is 0 Å². The number of rotatable bonds is 9. The first-order valence-electron chi connectivity index (χ1n) is 11.7. The zero-order valence-corrected chi connectivity index (χ0v) is 22.9. The van der Waals surface area contributed by atoms with Gasteiger partial charge in [-0.3, -0.25) is 9.28 Å². The van der Waals surface area contributed by atoms with E-state index >= 15 is 0 Å². The van der Waals surface area contributed by atoms with E-state index in [2.05, 4.69) is 130 Å². The highest BCUT2D eigenvalue weighted by atomic mass is 32.1. The Morgan fingerprint density at radius 2 is 1.09 bits per heavy atom. The predicted molar refractivity (Wildman–Crippen MR) is 157 cm³/mol. The van der Waals surface area contributed by atoms with E-state index in [1.807, 2.05) is 18.2 Å². The van der Waals surface area contributed by atoms with Crippen LogP contribution in [0.4, 0.5) is 0 Å². The average molecular weight is 518 g/mol. The summed E-state index contributed by atoms with van der Waals surface area (Å²) in [6, 6.07) is 38.2. The molecule has 0 aromatic heterocycles. The van der Waals surface area contributed by atoms with Crippen LogP contribution < -0.4 is 15.9 Å². The van der Waals surface area contributed by atoms with E-state index in [1.54, 1.807) is 0 Å². The van der Waals surface area contributed by atoms with Crippen LogP contribution in [0.3, 0.4) is 0 Å². The van der Waals surface area contributed by atoms with Crippen molar-refractivity contribution in [2.24, 2.45) is 0 Å². The topological polar surface area (TPSA) is 17.1 Å². The third-order valence-electron chi connectivity index (χ3n) is 6.35. The fraction of sp³-hybridized carbons (Fsp3) is 0.167. The van der Waals surface area contributed by atoms with Gasteiger partial charge in [-0.1, -0.05) is 54.6 Å². The molecule has 0 aliphatic heterocycles. The number of carbonyl (C=O) groups excluding carboxylic acids is 1. The zero-order chi connectivity index (χ0) is 24.9. The van der Waals surface area contributed by atoms with Crippen LogP contribution in [-0.4, -0.2) is 37.2 Å². The molecule has 0 atom stereocenters. The average Bonchev–Trinajstić information content (AvgIpc) is 2.87. The highest BCUT2D eigenvalue weighted by molar-refractivity contribution is 7.95. The van der Waals surface area contributed by atoms with E-state index in [9.17, 15) is 4.79 Å². The molecule has 0 heterocycles. The van der Waals surface area contributed by atoms with Crippen LogP contribution in [-0.2, 0) is 0 Å². The maximum atomic E-state index is 13.1. The van der Waals surface area contributed by atoms with E-state index in [0.717, 1.165) is 27.1 Å². The molecule has 2 nitrogen and oxygen atoms in total. The Bertz CT molecular complexity index is 1160. The Kier molecular flexibility index (Phi) is 8.19. The molecule has 0 saturated heterocycles. The quantitative estimate of drug-likeness (QED) is 0.123. The largest absolute Gasteiger partial charge is 0.296 e. The van der Waals surface area contributed by atoms with Crippen molar-refractivity contribution in [3.8, 4) is 0 Å². The van der Waals surface area contributed by atoms with Crippen LogP contribution in [0.5, 0.6) is 0 Å². The van der Waals surface area contributed by atoms with Crippen molar-refractivity contribution >= 4 is 54.2 Å². The van der Waals surface area contributed by atoms with E-state index < -0.39 is 7.26 Å². The second-order valence-corrected chi connectivity index (χ2v) is 14.0. The van der Waals surface area contributed by atoms with Crippen LogP contribution in [0, 0.1) is 0 Å². The number of hydrogen-bond acceptors (Lipinski definition) is 3. The first-order valence-corrected chi connectivity index (χ1v) is 14.6. The maximum absolute atomic E-state index is 13.1. The first-order chi connectivity index (χ1) is 16.8. The molecule has 0 fully saturated rings. The third kappa shape index (κ3) is 6.08. The van der Waals surface area contributed by atoms with Gasteiger partial charge in [-0.05, 0) is 54.6 Å². The van der Waals surface area contributed by atoms with Gasteiger partial charge in [0, 0.05) is 15.4 Å². The lowest BCUT2D eigenvalue weighted by molar-refractivity contribution is -0.877. The molecule has 0 bridgehead atoms. The second kappa shape index (κ2) is 11.1. The van der Waals surface area contributed by atoms with Crippen molar-refractivity contribution in [1.29, 1.82) is 0 Å². The van der Waals surface area contributed by atoms with Crippen molar-refractivity contribution < 1.29 is 9.28 Å². The summed E-state index contributed by atoms with van der Waals surface area (Å²) < 4.78 is 0.729. The first kappa shape index (κ1) is 25.7. The highest BCUT2D eigenvalue weighted by Crippen LogP contribution is 2.56. The summed E-state index contributed by atoms with van der Waals surface area (Å²) in [4.78, 5) is 14.6. The van der Waals surface area contributed by atoms with Gasteiger partial charge in [0.05, 0.1) is 27.1 Å². The van der Waals surface area contributed by atoms with Crippen molar-refractivity contribution in [3.63, 3.8) is 0 Å². The molecule has 4 aromatic rings. The molecule has 178 valence electrons. The van der Waals surface area contributed by atoms with Crippen LogP contribution in [0.1, 0.15) is 16.8 Å². The fourth-order valence-electron chi connectivity index (χ4n) is 4.69. The van der Waals surface area contributed by atoms with E-state index in [0.29, 0.717) is 12.0 Å². The Morgan fingerprint density at radius 1 is 0.686 bits per heavy atom. The van der Waals surface area contributed by atoms with Crippen molar-refractivity contribution in [2.75, 3.05) is 26.9 Å². The molecule has 35 heavy (non-hydrogen) atoms. The zero-order valence-electron chi connectivity index (χ0n) is 20.2. The van der Waals surface area contributed by atoms with Gasteiger partial charge in [0.25, 0.3) is 0 Å². The van der Waals surface area contributed by atoms with Gasteiger partial charge >= 0.3 is 0 Å². The van der Waals surface area contributed by atoms with Gasteiger partial charge in [0.15, 0.2) is 19.3 Å². The van der Waals surface area contributed by atoms with Gasteiger partial charge in [-0.2, -0.15) is 0 Å². The fourth-order valence-corrected chi connectivity index (χ4v) is 10.1. The number of benzene rings is 4. The summed E-state index contributed by atoms with van der Waals surface area (Å²) in [7, 11) is 2.51. The number of carbonyl (C=O) groups is 1. The molecule has 0 radical (unpaired) electrons. The minimum absolute atomic E-state index is 0.130. The summed E-state index contributed by atoms with van der Waals surface area (Å²) in [5.41, 5.74) is 0.678. The molecule has 0 saturated carbocycles. The number of ketones is 1. The highest BCUT2D eigenvalue weighted by Gasteiger charge is 2.50. The lowest BCUT2D eigenvalue weighted by Crippen LogP contribution is -2.48. The molecule has 5 heteroatoms. The number of thiol groups is 2. The van der Waals surface area contributed by atoms with Crippen LogP contribution in [0.2, 0.25) is 0 Å². The minimum Gasteiger partial charge on any atom is -0.296 e. The van der Waals surface area contributed by atoms with Crippen molar-refractivity contribution in [1.82, 2.24) is 0 Å². The maximum Gasteiger partial charge on any atom is 0.195 e. The standard InChI is InChI=1S/C30H30NOPS2/c1-31(2,19-18-30(32)24-20-28(34)22-29(35)21-24)23-33(25-12-6-3-7-13-25,26-14-8-4-9-15-26)27-16-10-5-11-17-27/h3-17,20-22H,18-19,23H2,1-2H3/p+2. The Morgan fingerprint density at radius 3 is 1.49 bits per heavy atom. The monoisotopic (exact) mass is 517 g/mol. The van der Waals surface area contributed by atoms with Crippen LogP contribution in [0.25, 0.3) is 0 Å². The van der Waals surface area contributed by atoms with Gasteiger partial charge < -0.3 is 0 Å². The summed E-state index contributed by atoms with van der Waals surface area (Å²) in [5, 5.41) is 4.08. The second-order valence-electron chi connectivity index (χ2n) is 9.53. The molecular weight excluding hydrogens is 485 g/mol. The summed E-state index contributed by atoms with van der Waals surface area (Å²) in [6.45, 7) is 0.742. The Labute approximate surface area is 220 Å². The van der Waals surface area contributed by atoms with Gasteiger partial charge in [0.1, 0.15) is 15.9 Å². The molecule has 0 aliphatic carbocycles. The minimum atomic E-state index is -1.99. The van der Waals surface area contributed by atoms with Gasteiger partial charge in [-0.25, -0.2) is 0 Å². The molecule has 0 spiro atoms. The van der Waals surface area contributed by atoms with Crippen LogP contribution in [0.15, 0.2) is 119 Å². The third-order valence-corrected chi connectivity index (χ3v) is 11.6. The summed E-state index contributed by atoms with van der Waals surface area (Å²) >= 11 is 8.84. The number of quaternary nitrogens is 1. The lowest BCUT2D eigenvalue weighted by atomic mass is 10.1. The van der Waals surface area contributed by atoms with Crippen molar-refractivity contribution in [2.45, 2.75) is 16.2 Å². The summed E-state index contributed by atoms with van der Waals surface area (Å²) in [6.07, 6.45) is 1.39. The van der Waals surface area contributed by atoms with E-state index in [1.165, 1.54) is 15.9 Å². The van der Waals surface area contributed by atoms with E-state index in [4.69, 9.17) is 0 Å². The number of Topliss-reactive ketones (excluding diaryl/α,β-unsaturated/α-hetero) is 1. The smallest absolute Gasteiger partial charge is 0.195 e. The molecule has 4 rings (SSSR count). The predicted octanol–water partition coefficient (Wildman–Crippen LogP) is 5.86. The van der Waals surface area contributed by atoms with Crippen LogP contribution >= 0.6 is 32.5 Å². The normalized spacial score (nSPS) is 11.9. The molecule has 0 unspecified atom stereocenters. The molecule has 0 aliphatic rings. The number of nitrogens with zero attached hydrogens (tertiary/aromatic N) is 1. The van der Waals surface area contributed by atoms with Gasteiger partial charge in [-0.15, -0.1) is 25.3 Å².